The van der Waals surface area contributed by atoms with Gasteiger partial charge in [-0.1, -0.05) is 5.11 Å². The molecule has 0 saturated carbocycles. The van der Waals surface area contributed by atoms with E-state index in [1.54, 1.807) is 6.92 Å². The Morgan fingerprint density at radius 3 is 2.89 bits per heavy atom. The standard InChI is InChI=1S/C11H19N3O5/c1-4-17-10(15)9(13-14-12)7-16-5-8-6-18-11(2,3)19-8/h8-9H,4-7H2,1-3H3/t8-,9?/m0/s1. The van der Waals surface area contributed by atoms with Gasteiger partial charge in [0.2, 0.25) is 0 Å². The van der Waals surface area contributed by atoms with Crippen LogP contribution in [0, 0.1) is 0 Å². The number of hydrogen-bond donors (Lipinski definition) is 0. The topological polar surface area (TPSA) is 103 Å². The average molecular weight is 273 g/mol. The zero-order valence-corrected chi connectivity index (χ0v) is 11.4. The SMILES string of the molecule is CCOC(=O)C(COC[C@H]1COC(C)(C)O1)N=[N+]=[N-]. The molecule has 1 unspecified atom stereocenters. The Bertz CT molecular complexity index is 354. The van der Waals surface area contributed by atoms with Crippen LogP contribution in [0.15, 0.2) is 5.11 Å². The van der Waals surface area contributed by atoms with Gasteiger partial charge in [0.05, 0.1) is 26.4 Å². The summed E-state index contributed by atoms with van der Waals surface area (Å²) in [4.78, 5) is 14.0. The zero-order valence-electron chi connectivity index (χ0n) is 11.4. The van der Waals surface area contributed by atoms with Gasteiger partial charge in [-0.05, 0) is 26.3 Å². The molecule has 19 heavy (non-hydrogen) atoms. The fourth-order valence-electron chi connectivity index (χ4n) is 1.61. The molecule has 0 N–H and O–H groups in total. The van der Waals surface area contributed by atoms with E-state index in [0.717, 1.165) is 0 Å². The first-order chi connectivity index (χ1) is 8.98. The summed E-state index contributed by atoms with van der Waals surface area (Å²) >= 11 is 0. The number of rotatable bonds is 7. The number of nitrogens with zero attached hydrogens (tertiary/aromatic N) is 3. The number of azide groups is 1. The van der Waals surface area contributed by atoms with E-state index in [2.05, 4.69) is 10.0 Å². The Kier molecular flexibility index (Phi) is 6.04. The molecule has 8 heteroatoms. The third-order valence-corrected chi connectivity index (χ3v) is 2.40. The average Bonchev–Trinajstić information content (AvgIpc) is 2.68. The second-order valence-corrected chi connectivity index (χ2v) is 4.46. The quantitative estimate of drug-likeness (QED) is 0.302. The fraction of sp³-hybridized carbons (Fsp3) is 0.909. The van der Waals surface area contributed by atoms with Crippen molar-refractivity contribution in [1.82, 2.24) is 0 Å². The summed E-state index contributed by atoms with van der Waals surface area (Å²) in [5.74, 6) is -1.21. The molecule has 1 heterocycles. The van der Waals surface area contributed by atoms with Crippen LogP contribution in [0.3, 0.4) is 0 Å². The van der Waals surface area contributed by atoms with Crippen LogP contribution >= 0.6 is 0 Å². The number of hydrogen-bond acceptors (Lipinski definition) is 6. The minimum atomic E-state index is -0.972. The van der Waals surface area contributed by atoms with Crippen molar-refractivity contribution in [3.63, 3.8) is 0 Å². The van der Waals surface area contributed by atoms with E-state index in [-0.39, 0.29) is 25.9 Å². The predicted molar refractivity (Wildman–Crippen MR) is 65.3 cm³/mol. The highest BCUT2D eigenvalue weighted by atomic mass is 16.7. The molecule has 108 valence electrons. The lowest BCUT2D eigenvalue weighted by atomic mass is 10.3. The summed E-state index contributed by atoms with van der Waals surface area (Å²) in [6.07, 6.45) is -0.191. The maximum absolute atomic E-state index is 11.4. The molecule has 1 aliphatic rings. The molecule has 0 radical (unpaired) electrons. The second kappa shape index (κ2) is 7.30. The molecule has 1 rings (SSSR count). The Balaban J connectivity index is 2.33. The fourth-order valence-corrected chi connectivity index (χ4v) is 1.61. The number of ether oxygens (including phenoxy) is 4. The monoisotopic (exact) mass is 273 g/mol. The molecule has 0 amide bonds. The van der Waals surface area contributed by atoms with Gasteiger partial charge in [-0.2, -0.15) is 0 Å². The van der Waals surface area contributed by atoms with Crippen molar-refractivity contribution in [1.29, 1.82) is 0 Å². The van der Waals surface area contributed by atoms with Gasteiger partial charge in [-0.3, -0.25) is 4.79 Å². The lowest BCUT2D eigenvalue weighted by Crippen LogP contribution is -2.29. The van der Waals surface area contributed by atoms with Crippen LogP contribution in [-0.4, -0.2) is 50.3 Å². The molecule has 0 spiro atoms. The summed E-state index contributed by atoms with van der Waals surface area (Å²) in [6.45, 7) is 6.19. The maximum Gasteiger partial charge on any atom is 0.317 e. The molecule has 0 aromatic heterocycles. The molecule has 0 aliphatic carbocycles. The highest BCUT2D eigenvalue weighted by molar-refractivity contribution is 5.76. The van der Waals surface area contributed by atoms with Crippen molar-refractivity contribution in [2.24, 2.45) is 5.11 Å². The first kappa shape index (κ1) is 15.7. The Hall–Kier alpha value is -1.34. The molecule has 1 fully saturated rings. The van der Waals surface area contributed by atoms with Crippen molar-refractivity contribution < 1.29 is 23.7 Å². The lowest BCUT2D eigenvalue weighted by Gasteiger charge is -2.17. The summed E-state index contributed by atoms with van der Waals surface area (Å²) in [6, 6.07) is -0.972. The van der Waals surface area contributed by atoms with E-state index < -0.39 is 17.8 Å². The van der Waals surface area contributed by atoms with E-state index in [9.17, 15) is 4.79 Å². The molecule has 0 bridgehead atoms. The Morgan fingerprint density at radius 2 is 2.37 bits per heavy atom. The van der Waals surface area contributed by atoms with Crippen molar-refractivity contribution in [3.8, 4) is 0 Å². The molecular formula is C11H19N3O5. The van der Waals surface area contributed by atoms with Gasteiger partial charge >= 0.3 is 5.97 Å². The largest absolute Gasteiger partial charge is 0.466 e. The first-order valence-corrected chi connectivity index (χ1v) is 6.09. The molecule has 8 nitrogen and oxygen atoms in total. The second-order valence-electron chi connectivity index (χ2n) is 4.46. The van der Waals surface area contributed by atoms with Gasteiger partial charge < -0.3 is 18.9 Å². The van der Waals surface area contributed by atoms with Crippen molar-refractivity contribution in [2.45, 2.75) is 38.7 Å². The van der Waals surface area contributed by atoms with E-state index in [0.29, 0.717) is 6.61 Å². The summed E-state index contributed by atoms with van der Waals surface area (Å²) < 4.78 is 21.0. The van der Waals surface area contributed by atoms with Gasteiger partial charge in [0, 0.05) is 4.91 Å². The molecule has 2 atom stereocenters. The van der Waals surface area contributed by atoms with E-state index in [1.807, 2.05) is 13.8 Å². The molecule has 1 saturated heterocycles. The molecule has 0 aromatic carbocycles. The minimum Gasteiger partial charge on any atom is -0.466 e. The van der Waals surface area contributed by atoms with Crippen LogP contribution in [0.25, 0.3) is 10.4 Å². The Labute approximate surface area is 111 Å². The lowest BCUT2D eigenvalue weighted by molar-refractivity contribution is -0.150. The van der Waals surface area contributed by atoms with Gasteiger partial charge in [0.1, 0.15) is 6.10 Å². The Morgan fingerprint density at radius 1 is 1.63 bits per heavy atom. The highest BCUT2D eigenvalue weighted by Gasteiger charge is 2.32. The smallest absolute Gasteiger partial charge is 0.317 e. The van der Waals surface area contributed by atoms with Crippen LogP contribution in [0.4, 0.5) is 0 Å². The van der Waals surface area contributed by atoms with Crippen molar-refractivity contribution >= 4 is 5.97 Å². The predicted octanol–water partition coefficient (Wildman–Crippen LogP) is 1.40. The summed E-state index contributed by atoms with van der Waals surface area (Å²) in [5, 5.41) is 3.34. The van der Waals surface area contributed by atoms with Crippen LogP contribution in [-0.2, 0) is 23.7 Å². The molecular weight excluding hydrogens is 254 g/mol. The molecule has 0 aromatic rings. The van der Waals surface area contributed by atoms with Crippen molar-refractivity contribution in [2.75, 3.05) is 26.4 Å². The number of esters is 1. The normalized spacial score (nSPS) is 22.6. The number of carbonyl (C=O) groups is 1. The van der Waals surface area contributed by atoms with Crippen LogP contribution < -0.4 is 0 Å². The molecule has 1 aliphatic heterocycles. The third kappa shape index (κ3) is 5.44. The van der Waals surface area contributed by atoms with Gasteiger partial charge in [-0.15, -0.1) is 0 Å². The van der Waals surface area contributed by atoms with Crippen LogP contribution in [0.1, 0.15) is 20.8 Å². The van der Waals surface area contributed by atoms with E-state index >= 15 is 0 Å². The first-order valence-electron chi connectivity index (χ1n) is 6.09. The summed E-state index contributed by atoms with van der Waals surface area (Å²) in [5.41, 5.74) is 8.38. The van der Waals surface area contributed by atoms with Gasteiger partial charge in [-0.25, -0.2) is 0 Å². The van der Waals surface area contributed by atoms with E-state index in [1.165, 1.54) is 0 Å². The maximum atomic E-state index is 11.4. The number of carbonyl (C=O) groups excluding carboxylic acids is 1. The highest BCUT2D eigenvalue weighted by Crippen LogP contribution is 2.22. The third-order valence-electron chi connectivity index (χ3n) is 2.40. The van der Waals surface area contributed by atoms with Crippen LogP contribution in [0.5, 0.6) is 0 Å². The van der Waals surface area contributed by atoms with Gasteiger partial charge in [0.25, 0.3) is 0 Å². The van der Waals surface area contributed by atoms with Crippen molar-refractivity contribution in [3.05, 3.63) is 10.4 Å². The minimum absolute atomic E-state index is 0.0385. The zero-order chi connectivity index (χ0) is 14.3. The summed E-state index contributed by atoms with van der Waals surface area (Å²) in [7, 11) is 0. The van der Waals surface area contributed by atoms with Gasteiger partial charge in [0.15, 0.2) is 11.8 Å². The van der Waals surface area contributed by atoms with Crippen LogP contribution in [0.2, 0.25) is 0 Å². The van der Waals surface area contributed by atoms with E-state index in [4.69, 9.17) is 24.5 Å².